The van der Waals surface area contributed by atoms with Gasteiger partial charge >= 0.3 is 6.03 Å². The predicted octanol–water partition coefficient (Wildman–Crippen LogP) is 3.67. The number of urea groups is 1. The third-order valence-corrected chi connectivity index (χ3v) is 5.75. The van der Waals surface area contributed by atoms with Gasteiger partial charge in [0.15, 0.2) is 11.5 Å². The van der Waals surface area contributed by atoms with E-state index in [2.05, 4.69) is 20.5 Å². The second kappa shape index (κ2) is 12.1. The lowest BCUT2D eigenvalue weighted by molar-refractivity contribution is 0.102. The normalized spacial score (nSPS) is 12.2. The number of rotatable bonds is 9. The number of nitrogens with one attached hydrogen (secondary N) is 2. The molecule has 194 valence electrons. The number of para-hydroxylation sites is 2. The summed E-state index contributed by atoms with van der Waals surface area (Å²) in [5, 5.41) is 5.72. The summed E-state index contributed by atoms with van der Waals surface area (Å²) < 4.78 is 11.2. The van der Waals surface area contributed by atoms with Crippen molar-refractivity contribution in [2.45, 2.75) is 13.0 Å². The first-order chi connectivity index (χ1) is 17.9. The highest BCUT2D eigenvalue weighted by atomic mass is 16.6. The lowest BCUT2D eigenvalue weighted by Gasteiger charge is -2.25. The Hall–Kier alpha value is -4.31. The molecule has 4 rings (SSSR count). The molecule has 0 saturated carbocycles. The number of nitrogens with zero attached hydrogens (tertiary/aromatic N) is 3. The molecule has 0 atom stereocenters. The number of hydrogen-bond donors (Lipinski definition) is 3. The third-order valence-electron chi connectivity index (χ3n) is 5.75. The van der Waals surface area contributed by atoms with E-state index in [1.54, 1.807) is 65.7 Å². The molecule has 0 spiro atoms. The van der Waals surface area contributed by atoms with Crippen molar-refractivity contribution in [1.29, 1.82) is 0 Å². The number of aromatic nitrogens is 1. The molecule has 3 amide bonds. The van der Waals surface area contributed by atoms with E-state index >= 15 is 0 Å². The van der Waals surface area contributed by atoms with E-state index in [1.165, 1.54) is 0 Å². The fraction of sp³-hybridized carbons (Fsp3) is 0.296. The van der Waals surface area contributed by atoms with E-state index in [4.69, 9.17) is 15.2 Å². The van der Waals surface area contributed by atoms with Gasteiger partial charge in [0.25, 0.3) is 5.91 Å². The van der Waals surface area contributed by atoms with Crippen molar-refractivity contribution in [3.05, 3.63) is 72.1 Å². The lowest BCUT2D eigenvalue weighted by atomic mass is 10.2. The van der Waals surface area contributed by atoms with Gasteiger partial charge in [-0.1, -0.05) is 18.2 Å². The van der Waals surface area contributed by atoms with Crippen molar-refractivity contribution in [3.63, 3.8) is 0 Å². The Morgan fingerprint density at radius 2 is 1.76 bits per heavy atom. The number of carbonyl (C=O) groups is 2. The minimum atomic E-state index is -0.358. The molecule has 0 unspecified atom stereocenters. The quantitative estimate of drug-likeness (QED) is 0.380. The highest BCUT2D eigenvalue weighted by Gasteiger charge is 2.18. The monoisotopic (exact) mass is 504 g/mol. The van der Waals surface area contributed by atoms with Crippen LogP contribution in [-0.4, -0.2) is 67.1 Å². The van der Waals surface area contributed by atoms with E-state index in [1.807, 2.05) is 14.1 Å². The first-order valence-corrected chi connectivity index (χ1v) is 12.1. The molecule has 0 bridgehead atoms. The first-order valence-electron chi connectivity index (χ1n) is 12.1. The largest absolute Gasteiger partial charge is 0.486 e. The van der Waals surface area contributed by atoms with Gasteiger partial charge in [-0.2, -0.15) is 0 Å². The van der Waals surface area contributed by atoms with Gasteiger partial charge in [0.05, 0.1) is 11.4 Å². The summed E-state index contributed by atoms with van der Waals surface area (Å²) >= 11 is 0. The number of nitrogen functional groups attached to an aromatic ring is 1. The van der Waals surface area contributed by atoms with Gasteiger partial charge in [-0.3, -0.25) is 9.78 Å². The fourth-order valence-electron chi connectivity index (χ4n) is 3.82. The zero-order valence-electron chi connectivity index (χ0n) is 21.1. The molecule has 2 aromatic carbocycles. The molecule has 37 heavy (non-hydrogen) atoms. The summed E-state index contributed by atoms with van der Waals surface area (Å²) in [4.78, 5) is 33.9. The van der Waals surface area contributed by atoms with Crippen LogP contribution >= 0.6 is 0 Å². The third kappa shape index (κ3) is 7.11. The summed E-state index contributed by atoms with van der Waals surface area (Å²) in [6.07, 6.45) is 2.41. The van der Waals surface area contributed by atoms with Crippen molar-refractivity contribution in [1.82, 2.24) is 14.8 Å². The molecule has 10 heteroatoms. The van der Waals surface area contributed by atoms with Crippen LogP contribution in [-0.2, 0) is 6.54 Å². The van der Waals surface area contributed by atoms with E-state index in [0.29, 0.717) is 54.9 Å². The average Bonchev–Trinajstić information content (AvgIpc) is 2.89. The topological polar surface area (TPSA) is 122 Å². The number of fused-ring (bicyclic) bond motifs is 1. The lowest BCUT2D eigenvalue weighted by Crippen LogP contribution is -2.36. The Labute approximate surface area is 216 Å². The van der Waals surface area contributed by atoms with Crippen LogP contribution < -0.4 is 25.8 Å². The van der Waals surface area contributed by atoms with Crippen LogP contribution in [0.5, 0.6) is 11.5 Å². The van der Waals surface area contributed by atoms with Gasteiger partial charge in [-0.25, -0.2) is 4.79 Å². The van der Waals surface area contributed by atoms with Crippen molar-refractivity contribution < 1.29 is 19.1 Å². The maximum atomic E-state index is 13.2. The predicted molar refractivity (Wildman–Crippen MR) is 143 cm³/mol. The minimum Gasteiger partial charge on any atom is -0.486 e. The van der Waals surface area contributed by atoms with Crippen LogP contribution in [0.4, 0.5) is 21.9 Å². The number of carbonyl (C=O) groups excluding carboxylic acids is 2. The Balaban J connectivity index is 1.42. The average molecular weight is 505 g/mol. The molecule has 2 heterocycles. The van der Waals surface area contributed by atoms with Crippen LogP contribution in [0.1, 0.15) is 22.5 Å². The van der Waals surface area contributed by atoms with Crippen LogP contribution in [0.15, 0.2) is 60.8 Å². The maximum absolute atomic E-state index is 13.2. The van der Waals surface area contributed by atoms with Crippen LogP contribution in [0.3, 0.4) is 0 Å². The number of benzene rings is 2. The van der Waals surface area contributed by atoms with E-state index in [9.17, 15) is 9.59 Å². The Morgan fingerprint density at radius 3 is 2.49 bits per heavy atom. The first kappa shape index (κ1) is 25.8. The molecule has 3 aromatic rings. The molecule has 0 saturated heterocycles. The second-order valence-electron chi connectivity index (χ2n) is 8.96. The van der Waals surface area contributed by atoms with Gasteiger partial charge in [0.1, 0.15) is 18.9 Å². The van der Waals surface area contributed by atoms with Crippen LogP contribution in [0, 0.1) is 0 Å². The standard InChI is InChI=1S/C27H32N6O4/c1-32(2)12-5-13-33(27(35)30-20-9-11-24-25(16-20)37-15-14-36-24)18-19-8-10-23(29-17-19)26(34)31-22-7-4-3-6-21(22)28/h3-4,6-11,16-17H,5,12-15,18,28H2,1-2H3,(H,30,35)(H,31,34). The molecule has 1 aliphatic heterocycles. The Morgan fingerprint density at radius 1 is 0.973 bits per heavy atom. The zero-order chi connectivity index (χ0) is 26.2. The number of ether oxygens (including phenoxy) is 2. The molecular formula is C27H32N6O4. The number of hydrogen-bond acceptors (Lipinski definition) is 7. The molecular weight excluding hydrogens is 472 g/mol. The maximum Gasteiger partial charge on any atom is 0.322 e. The molecule has 10 nitrogen and oxygen atoms in total. The van der Waals surface area contributed by atoms with Crippen LogP contribution in [0.2, 0.25) is 0 Å². The smallest absolute Gasteiger partial charge is 0.322 e. The van der Waals surface area contributed by atoms with Crippen molar-refractivity contribution in [2.24, 2.45) is 0 Å². The second-order valence-corrected chi connectivity index (χ2v) is 8.96. The highest BCUT2D eigenvalue weighted by Crippen LogP contribution is 2.32. The van der Waals surface area contributed by atoms with Gasteiger partial charge < -0.3 is 35.6 Å². The number of nitrogens with two attached hydrogens (primary N) is 1. The molecule has 4 N–H and O–H groups in total. The van der Waals surface area contributed by atoms with Crippen molar-refractivity contribution in [2.75, 3.05) is 56.8 Å². The number of amides is 3. The summed E-state index contributed by atoms with van der Waals surface area (Å²) in [6, 6.07) is 15.6. The number of anilines is 3. The number of pyridine rings is 1. The summed E-state index contributed by atoms with van der Waals surface area (Å²) in [5.74, 6) is 0.916. The highest BCUT2D eigenvalue weighted by molar-refractivity contribution is 6.04. The van der Waals surface area contributed by atoms with Gasteiger partial charge in [-0.05, 0) is 63.0 Å². The summed E-state index contributed by atoms with van der Waals surface area (Å²) in [7, 11) is 3.99. The van der Waals surface area contributed by atoms with Gasteiger partial charge in [0, 0.05) is 31.0 Å². The van der Waals surface area contributed by atoms with Crippen LogP contribution in [0.25, 0.3) is 0 Å². The molecule has 1 aromatic heterocycles. The molecule has 0 aliphatic carbocycles. The summed E-state index contributed by atoms with van der Waals surface area (Å²) in [6.45, 7) is 2.70. The molecule has 1 aliphatic rings. The Kier molecular flexibility index (Phi) is 8.42. The van der Waals surface area contributed by atoms with E-state index in [-0.39, 0.29) is 17.6 Å². The van der Waals surface area contributed by atoms with Gasteiger partial charge in [0.2, 0.25) is 0 Å². The van der Waals surface area contributed by atoms with Gasteiger partial charge in [-0.15, -0.1) is 0 Å². The zero-order valence-corrected chi connectivity index (χ0v) is 21.1. The van der Waals surface area contributed by atoms with Crippen molar-refractivity contribution >= 4 is 29.0 Å². The summed E-state index contributed by atoms with van der Waals surface area (Å²) in [5.41, 5.74) is 8.59. The molecule has 0 radical (unpaired) electrons. The Bertz CT molecular complexity index is 1230. The SMILES string of the molecule is CN(C)CCCN(Cc1ccc(C(=O)Nc2ccccc2N)nc1)C(=O)Nc1ccc2c(c1)OCCO2. The molecule has 0 fully saturated rings. The fourth-order valence-corrected chi connectivity index (χ4v) is 3.82. The van der Waals surface area contributed by atoms with Crippen molar-refractivity contribution in [3.8, 4) is 11.5 Å². The van der Waals surface area contributed by atoms with E-state index in [0.717, 1.165) is 18.5 Å². The van der Waals surface area contributed by atoms with E-state index < -0.39 is 0 Å². The minimum absolute atomic E-state index is 0.239.